The average molecular weight is 416 g/mol. The molecule has 1 aliphatic carbocycles. The van der Waals surface area contributed by atoms with Crippen LogP contribution in [-0.2, 0) is 14.8 Å². The molecule has 1 N–H and O–H groups in total. The number of sulfonamides is 1. The van der Waals surface area contributed by atoms with Crippen LogP contribution in [0, 0.1) is 5.92 Å². The zero-order valence-electron chi connectivity index (χ0n) is 15.9. The zero-order valence-corrected chi connectivity index (χ0v) is 16.7. The van der Waals surface area contributed by atoms with Crippen LogP contribution in [0.2, 0.25) is 0 Å². The molecule has 1 aromatic carbocycles. The number of hydrogen-bond donors (Lipinski definition) is 1. The maximum atomic E-state index is 13.9. The van der Waals surface area contributed by atoms with Crippen LogP contribution in [0.4, 0.5) is 14.5 Å². The Balaban J connectivity index is 1.63. The molecule has 1 saturated heterocycles. The van der Waals surface area contributed by atoms with Crippen LogP contribution in [0.5, 0.6) is 5.75 Å². The van der Waals surface area contributed by atoms with Crippen molar-refractivity contribution < 1.29 is 26.7 Å². The van der Waals surface area contributed by atoms with E-state index in [1.54, 1.807) is 29.2 Å². The lowest BCUT2D eigenvalue weighted by molar-refractivity contribution is -0.117. The highest BCUT2D eigenvalue weighted by molar-refractivity contribution is 7.89. The molecule has 1 heterocycles. The van der Waals surface area contributed by atoms with Gasteiger partial charge in [0.2, 0.25) is 21.9 Å². The Kier molecular flexibility index (Phi) is 6.24. The molecule has 3 rings (SSSR count). The summed E-state index contributed by atoms with van der Waals surface area (Å²) < 4.78 is 59.7. The van der Waals surface area contributed by atoms with Crippen molar-refractivity contribution in [2.45, 2.75) is 51.0 Å². The number of anilines is 1. The molecule has 9 heteroatoms. The van der Waals surface area contributed by atoms with Gasteiger partial charge in [0, 0.05) is 43.5 Å². The lowest BCUT2D eigenvalue weighted by atomic mass is 9.83. The molecule has 1 aromatic rings. The molecule has 6 nitrogen and oxygen atoms in total. The van der Waals surface area contributed by atoms with E-state index in [0.717, 1.165) is 12.1 Å². The van der Waals surface area contributed by atoms with Gasteiger partial charge in [-0.15, -0.1) is 0 Å². The Morgan fingerprint density at radius 2 is 2.00 bits per heavy atom. The zero-order chi connectivity index (χ0) is 20.4. The molecule has 2 fully saturated rings. The standard InChI is InChI=1S/C19H26F2N2O4S/c1-2-28(25,26)22-17-9-10-19(20,21)12-14(17)13-27-16-7-5-15(6-8-16)23-11-3-4-18(23)24/h5-8,14,17,22H,2-4,9-13H2,1H3/t14-,17-/m0/s1. The van der Waals surface area contributed by atoms with Crippen molar-refractivity contribution in [1.29, 1.82) is 0 Å². The van der Waals surface area contributed by atoms with Gasteiger partial charge in [-0.05, 0) is 44.0 Å². The largest absolute Gasteiger partial charge is 0.493 e. The number of halogens is 2. The highest BCUT2D eigenvalue weighted by Crippen LogP contribution is 2.37. The van der Waals surface area contributed by atoms with Gasteiger partial charge < -0.3 is 9.64 Å². The first-order chi connectivity index (χ1) is 13.2. The van der Waals surface area contributed by atoms with Gasteiger partial charge in [0.15, 0.2) is 0 Å². The Labute approximate surface area is 164 Å². The summed E-state index contributed by atoms with van der Waals surface area (Å²) in [6, 6.07) is 6.38. The number of benzene rings is 1. The summed E-state index contributed by atoms with van der Waals surface area (Å²) >= 11 is 0. The average Bonchev–Trinajstić information content (AvgIpc) is 3.08. The maximum Gasteiger partial charge on any atom is 0.248 e. The van der Waals surface area contributed by atoms with Crippen molar-refractivity contribution >= 4 is 21.6 Å². The van der Waals surface area contributed by atoms with E-state index in [9.17, 15) is 22.0 Å². The van der Waals surface area contributed by atoms with E-state index in [1.807, 2.05) is 0 Å². The summed E-state index contributed by atoms with van der Waals surface area (Å²) in [5.74, 6) is -2.94. The van der Waals surface area contributed by atoms with Crippen molar-refractivity contribution in [3.63, 3.8) is 0 Å². The molecule has 0 aromatic heterocycles. The van der Waals surface area contributed by atoms with Gasteiger partial charge in [-0.25, -0.2) is 21.9 Å². The molecular weight excluding hydrogens is 390 g/mol. The summed E-state index contributed by atoms with van der Waals surface area (Å²) in [6.45, 7) is 2.20. The molecule has 0 unspecified atom stereocenters. The van der Waals surface area contributed by atoms with E-state index in [4.69, 9.17) is 4.74 Å². The maximum absolute atomic E-state index is 13.9. The molecule has 1 amide bonds. The van der Waals surface area contributed by atoms with Crippen LogP contribution in [0.3, 0.4) is 0 Å². The topological polar surface area (TPSA) is 75.7 Å². The van der Waals surface area contributed by atoms with Gasteiger partial charge in [0.25, 0.3) is 0 Å². The predicted octanol–water partition coefficient (Wildman–Crippen LogP) is 2.94. The number of amides is 1. The van der Waals surface area contributed by atoms with Crippen molar-refractivity contribution in [2.75, 3.05) is 23.8 Å². The number of nitrogens with zero attached hydrogens (tertiary/aromatic N) is 1. The molecule has 1 aliphatic heterocycles. The van der Waals surface area contributed by atoms with Gasteiger partial charge >= 0.3 is 0 Å². The number of alkyl halides is 2. The highest BCUT2D eigenvalue weighted by Gasteiger charge is 2.42. The molecule has 2 atom stereocenters. The third-order valence-electron chi connectivity index (χ3n) is 5.35. The molecule has 0 radical (unpaired) electrons. The second-order valence-corrected chi connectivity index (χ2v) is 9.48. The third kappa shape index (κ3) is 5.20. The predicted molar refractivity (Wildman–Crippen MR) is 102 cm³/mol. The molecule has 0 spiro atoms. The lowest BCUT2D eigenvalue weighted by Gasteiger charge is -2.36. The minimum atomic E-state index is -3.48. The quantitative estimate of drug-likeness (QED) is 0.742. The first kappa shape index (κ1) is 21.0. The molecule has 156 valence electrons. The first-order valence-electron chi connectivity index (χ1n) is 9.60. The lowest BCUT2D eigenvalue weighted by Crippen LogP contribution is -2.48. The van der Waals surface area contributed by atoms with Crippen molar-refractivity contribution in [2.24, 2.45) is 5.92 Å². The van der Waals surface area contributed by atoms with Gasteiger partial charge in [-0.1, -0.05) is 0 Å². The van der Waals surface area contributed by atoms with E-state index >= 15 is 0 Å². The van der Waals surface area contributed by atoms with Crippen LogP contribution in [0.25, 0.3) is 0 Å². The van der Waals surface area contributed by atoms with Crippen molar-refractivity contribution in [3.8, 4) is 5.75 Å². The van der Waals surface area contributed by atoms with Crippen LogP contribution >= 0.6 is 0 Å². The third-order valence-corrected chi connectivity index (χ3v) is 6.77. The van der Waals surface area contributed by atoms with Gasteiger partial charge in [-0.3, -0.25) is 4.79 Å². The van der Waals surface area contributed by atoms with E-state index < -0.39 is 34.3 Å². The molecule has 1 saturated carbocycles. The van der Waals surface area contributed by atoms with Crippen LogP contribution < -0.4 is 14.4 Å². The molecule has 0 bridgehead atoms. The minimum Gasteiger partial charge on any atom is -0.493 e. The summed E-state index contributed by atoms with van der Waals surface area (Å²) in [6.07, 6.45) is 0.713. The number of rotatable bonds is 7. The normalized spacial score (nSPS) is 25.1. The SMILES string of the molecule is CCS(=O)(=O)N[C@H]1CCC(F)(F)C[C@H]1COc1ccc(N2CCCC2=O)cc1. The molecular formula is C19H26F2N2O4S. The summed E-state index contributed by atoms with van der Waals surface area (Å²) in [4.78, 5) is 13.5. The second-order valence-electron chi connectivity index (χ2n) is 7.44. The Morgan fingerprint density at radius 3 is 2.61 bits per heavy atom. The van der Waals surface area contributed by atoms with E-state index in [0.29, 0.717) is 18.7 Å². The van der Waals surface area contributed by atoms with Gasteiger partial charge in [0.05, 0.1) is 12.4 Å². The van der Waals surface area contributed by atoms with Crippen LogP contribution in [0.1, 0.15) is 39.0 Å². The monoisotopic (exact) mass is 416 g/mol. The van der Waals surface area contributed by atoms with E-state index in [-0.39, 0.29) is 31.1 Å². The first-order valence-corrected chi connectivity index (χ1v) is 11.3. The summed E-state index contributed by atoms with van der Waals surface area (Å²) in [5, 5.41) is 0. The number of carbonyl (C=O) groups excluding carboxylic acids is 1. The Bertz CT molecular complexity index is 799. The summed E-state index contributed by atoms with van der Waals surface area (Å²) in [5.41, 5.74) is 0.785. The number of nitrogens with one attached hydrogen (secondary N) is 1. The summed E-state index contributed by atoms with van der Waals surface area (Å²) in [7, 11) is -3.48. The van der Waals surface area contributed by atoms with Gasteiger partial charge in [0.1, 0.15) is 5.75 Å². The molecule has 28 heavy (non-hydrogen) atoms. The Hall–Kier alpha value is -1.74. The fourth-order valence-corrected chi connectivity index (χ4v) is 4.66. The number of ether oxygens (including phenoxy) is 1. The van der Waals surface area contributed by atoms with Crippen LogP contribution in [-0.4, -0.2) is 45.2 Å². The fraction of sp³-hybridized carbons (Fsp3) is 0.632. The van der Waals surface area contributed by atoms with Gasteiger partial charge in [-0.2, -0.15) is 0 Å². The smallest absolute Gasteiger partial charge is 0.248 e. The van der Waals surface area contributed by atoms with E-state index in [2.05, 4.69) is 4.72 Å². The minimum absolute atomic E-state index is 0.00547. The Morgan fingerprint density at radius 1 is 1.29 bits per heavy atom. The van der Waals surface area contributed by atoms with Crippen molar-refractivity contribution in [1.82, 2.24) is 4.72 Å². The highest BCUT2D eigenvalue weighted by atomic mass is 32.2. The van der Waals surface area contributed by atoms with Crippen molar-refractivity contribution in [3.05, 3.63) is 24.3 Å². The number of carbonyl (C=O) groups is 1. The fourth-order valence-electron chi connectivity index (χ4n) is 3.72. The van der Waals surface area contributed by atoms with Crippen LogP contribution in [0.15, 0.2) is 24.3 Å². The van der Waals surface area contributed by atoms with E-state index in [1.165, 1.54) is 6.92 Å². The number of hydrogen-bond acceptors (Lipinski definition) is 4. The second kappa shape index (κ2) is 8.32. The molecule has 2 aliphatic rings.